The molecule has 1 aromatic carbocycles. The summed E-state index contributed by atoms with van der Waals surface area (Å²) in [5.74, 6) is -1.97. The van der Waals surface area contributed by atoms with Gasteiger partial charge in [-0.15, -0.1) is 0 Å². The number of benzene rings is 1. The van der Waals surface area contributed by atoms with Crippen LogP contribution in [-0.2, 0) is 17.8 Å². The maximum atomic E-state index is 12.4. The second kappa shape index (κ2) is 9.87. The Labute approximate surface area is 174 Å². The number of phenolic OH excluding ortho intramolecular Hbond substituents is 1. The maximum absolute atomic E-state index is 12.4. The molecule has 2 rings (SSSR count). The SMILES string of the molecule is CCc1cc(C(C)=O)c(O)cc1OCc1cccc(C(=O)NC(C(=O)O)C(C)C)n1. The zero-order valence-corrected chi connectivity index (χ0v) is 17.4. The van der Waals surface area contributed by atoms with Gasteiger partial charge in [0.05, 0.1) is 11.3 Å². The number of phenols is 1. The third kappa shape index (κ3) is 5.56. The van der Waals surface area contributed by atoms with E-state index in [1.165, 1.54) is 19.1 Å². The van der Waals surface area contributed by atoms with Gasteiger partial charge >= 0.3 is 5.97 Å². The number of carboxylic acids is 1. The van der Waals surface area contributed by atoms with Crippen LogP contribution in [0.4, 0.5) is 0 Å². The summed E-state index contributed by atoms with van der Waals surface area (Å²) < 4.78 is 5.76. The van der Waals surface area contributed by atoms with E-state index >= 15 is 0 Å². The van der Waals surface area contributed by atoms with Crippen LogP contribution >= 0.6 is 0 Å². The van der Waals surface area contributed by atoms with E-state index in [9.17, 15) is 24.6 Å². The minimum Gasteiger partial charge on any atom is -0.507 e. The number of amides is 1. The number of ketones is 1. The van der Waals surface area contributed by atoms with Gasteiger partial charge in [-0.1, -0.05) is 26.8 Å². The van der Waals surface area contributed by atoms with Gasteiger partial charge in [-0.3, -0.25) is 9.59 Å². The lowest BCUT2D eigenvalue weighted by Gasteiger charge is -2.17. The number of Topliss-reactive ketones (excluding diaryl/α,β-unsaturated/α-hetero) is 1. The molecule has 0 fully saturated rings. The molecule has 8 heteroatoms. The first kappa shape index (κ1) is 22.9. The summed E-state index contributed by atoms with van der Waals surface area (Å²) in [5.41, 5.74) is 1.52. The van der Waals surface area contributed by atoms with Crippen LogP contribution < -0.4 is 10.1 Å². The quantitative estimate of drug-likeness (QED) is 0.539. The third-order valence-corrected chi connectivity index (χ3v) is 4.57. The fourth-order valence-electron chi connectivity index (χ4n) is 2.87. The van der Waals surface area contributed by atoms with Crippen LogP contribution in [0.2, 0.25) is 0 Å². The van der Waals surface area contributed by atoms with Crippen LogP contribution in [0.1, 0.15) is 59.8 Å². The Kier molecular flexibility index (Phi) is 7.52. The van der Waals surface area contributed by atoms with Crippen LogP contribution in [-0.4, -0.2) is 38.9 Å². The Hall–Kier alpha value is -3.42. The highest BCUT2D eigenvalue weighted by Gasteiger charge is 2.24. The Morgan fingerprint density at radius 3 is 2.47 bits per heavy atom. The Morgan fingerprint density at radius 1 is 1.20 bits per heavy atom. The van der Waals surface area contributed by atoms with E-state index in [1.807, 2.05) is 6.92 Å². The number of hydrogen-bond acceptors (Lipinski definition) is 6. The molecule has 1 amide bonds. The molecule has 0 saturated carbocycles. The van der Waals surface area contributed by atoms with Gasteiger partial charge in [-0.05, 0) is 43.0 Å². The van der Waals surface area contributed by atoms with Gasteiger partial charge in [0.2, 0.25) is 0 Å². The van der Waals surface area contributed by atoms with E-state index < -0.39 is 17.9 Å². The van der Waals surface area contributed by atoms with E-state index in [-0.39, 0.29) is 35.3 Å². The molecule has 0 saturated heterocycles. The van der Waals surface area contributed by atoms with Crippen molar-refractivity contribution >= 4 is 17.7 Å². The second-order valence-electron chi connectivity index (χ2n) is 7.22. The second-order valence-corrected chi connectivity index (χ2v) is 7.22. The fraction of sp³-hybridized carbons (Fsp3) is 0.364. The average Bonchev–Trinajstić information content (AvgIpc) is 2.69. The molecule has 0 aliphatic rings. The molecule has 0 aliphatic heterocycles. The van der Waals surface area contributed by atoms with Crippen LogP contribution in [0.25, 0.3) is 0 Å². The van der Waals surface area contributed by atoms with Gasteiger partial charge in [0.1, 0.15) is 29.8 Å². The van der Waals surface area contributed by atoms with E-state index in [0.717, 1.165) is 5.56 Å². The standard InChI is InChI=1S/C22H26N2O6/c1-5-14-9-16(13(4)25)18(26)10-19(14)30-11-15-7-6-8-17(23-15)21(27)24-20(12(2)3)22(28)29/h6-10,12,20,26H,5,11H2,1-4H3,(H,24,27)(H,28,29). The number of aromatic hydroxyl groups is 1. The van der Waals surface area contributed by atoms with Crippen molar-refractivity contribution in [1.82, 2.24) is 10.3 Å². The Bertz CT molecular complexity index is 955. The monoisotopic (exact) mass is 414 g/mol. The van der Waals surface area contributed by atoms with Gasteiger partial charge in [-0.2, -0.15) is 0 Å². The molecule has 0 bridgehead atoms. The number of pyridine rings is 1. The number of aliphatic carboxylic acids is 1. The lowest BCUT2D eigenvalue weighted by atomic mass is 10.0. The Balaban J connectivity index is 2.16. The molecule has 0 spiro atoms. The molecule has 1 aromatic heterocycles. The first-order valence-electron chi connectivity index (χ1n) is 9.63. The summed E-state index contributed by atoms with van der Waals surface area (Å²) >= 11 is 0. The zero-order chi connectivity index (χ0) is 22.4. The first-order valence-corrected chi connectivity index (χ1v) is 9.63. The predicted octanol–water partition coefficient (Wildman–Crippen LogP) is 2.97. The van der Waals surface area contributed by atoms with E-state index in [0.29, 0.717) is 17.9 Å². The number of carbonyl (C=O) groups is 3. The molecule has 8 nitrogen and oxygen atoms in total. The lowest BCUT2D eigenvalue weighted by molar-refractivity contribution is -0.140. The molecule has 160 valence electrons. The number of aryl methyl sites for hydroxylation is 1. The molecule has 3 N–H and O–H groups in total. The number of hydrogen-bond donors (Lipinski definition) is 3. The number of carbonyl (C=O) groups excluding carboxylic acids is 2. The molecular formula is C22H26N2O6. The van der Waals surface area contributed by atoms with Crippen LogP contribution in [0.5, 0.6) is 11.5 Å². The number of ether oxygens (including phenoxy) is 1. The van der Waals surface area contributed by atoms with Crippen molar-refractivity contribution in [2.24, 2.45) is 5.92 Å². The van der Waals surface area contributed by atoms with Crippen molar-refractivity contribution in [3.05, 3.63) is 52.8 Å². The smallest absolute Gasteiger partial charge is 0.326 e. The highest BCUT2D eigenvalue weighted by molar-refractivity contribution is 5.97. The number of aromatic nitrogens is 1. The van der Waals surface area contributed by atoms with Gasteiger partial charge in [-0.25, -0.2) is 9.78 Å². The van der Waals surface area contributed by atoms with Crippen LogP contribution in [0, 0.1) is 5.92 Å². The summed E-state index contributed by atoms with van der Waals surface area (Å²) in [6.07, 6.45) is 0.595. The maximum Gasteiger partial charge on any atom is 0.326 e. The summed E-state index contributed by atoms with van der Waals surface area (Å²) in [5, 5.41) is 21.8. The van der Waals surface area contributed by atoms with Gasteiger partial charge in [0.25, 0.3) is 5.91 Å². The first-order chi connectivity index (χ1) is 14.1. The topological polar surface area (TPSA) is 126 Å². The van der Waals surface area contributed by atoms with Gasteiger partial charge in [0.15, 0.2) is 5.78 Å². The van der Waals surface area contributed by atoms with Crippen molar-refractivity contribution in [3.63, 3.8) is 0 Å². The van der Waals surface area contributed by atoms with Crippen molar-refractivity contribution in [2.45, 2.75) is 46.8 Å². The van der Waals surface area contributed by atoms with Crippen molar-refractivity contribution in [2.75, 3.05) is 0 Å². The molecule has 0 radical (unpaired) electrons. The van der Waals surface area contributed by atoms with Crippen molar-refractivity contribution in [1.29, 1.82) is 0 Å². The molecular weight excluding hydrogens is 388 g/mol. The molecule has 1 unspecified atom stereocenters. The van der Waals surface area contributed by atoms with E-state index in [2.05, 4.69) is 10.3 Å². The minimum atomic E-state index is -1.11. The van der Waals surface area contributed by atoms with Crippen molar-refractivity contribution in [3.8, 4) is 11.5 Å². The molecule has 1 heterocycles. The summed E-state index contributed by atoms with van der Waals surface area (Å²) in [6, 6.07) is 6.76. The van der Waals surface area contributed by atoms with Gasteiger partial charge < -0.3 is 20.3 Å². The molecule has 2 aromatic rings. The van der Waals surface area contributed by atoms with Crippen LogP contribution in [0.15, 0.2) is 30.3 Å². The Morgan fingerprint density at radius 2 is 1.90 bits per heavy atom. The number of carboxylic acid groups (broad SMARTS) is 1. The predicted molar refractivity (Wildman–Crippen MR) is 110 cm³/mol. The third-order valence-electron chi connectivity index (χ3n) is 4.57. The van der Waals surface area contributed by atoms with Crippen LogP contribution in [0.3, 0.4) is 0 Å². The highest BCUT2D eigenvalue weighted by atomic mass is 16.5. The zero-order valence-electron chi connectivity index (χ0n) is 17.4. The van der Waals surface area contributed by atoms with E-state index in [1.54, 1.807) is 32.0 Å². The fourth-order valence-corrected chi connectivity index (χ4v) is 2.87. The molecule has 30 heavy (non-hydrogen) atoms. The average molecular weight is 414 g/mol. The summed E-state index contributed by atoms with van der Waals surface area (Å²) in [7, 11) is 0. The number of rotatable bonds is 9. The largest absolute Gasteiger partial charge is 0.507 e. The molecule has 0 aliphatic carbocycles. The number of nitrogens with one attached hydrogen (secondary N) is 1. The number of nitrogens with zero attached hydrogens (tertiary/aromatic N) is 1. The van der Waals surface area contributed by atoms with E-state index in [4.69, 9.17) is 4.74 Å². The minimum absolute atomic E-state index is 0.0273. The molecule has 1 atom stereocenters. The lowest BCUT2D eigenvalue weighted by Crippen LogP contribution is -2.44. The summed E-state index contributed by atoms with van der Waals surface area (Å²) in [4.78, 5) is 39.5. The van der Waals surface area contributed by atoms with Crippen molar-refractivity contribution < 1.29 is 29.3 Å². The summed E-state index contributed by atoms with van der Waals surface area (Å²) in [6.45, 7) is 6.72. The highest BCUT2D eigenvalue weighted by Crippen LogP contribution is 2.29. The van der Waals surface area contributed by atoms with Gasteiger partial charge in [0, 0.05) is 6.07 Å². The normalized spacial score (nSPS) is 11.8.